The Balaban J connectivity index is -0.000000158. The van der Waals surface area contributed by atoms with Gasteiger partial charge in [-0.3, -0.25) is 0 Å². The highest BCUT2D eigenvalue weighted by atomic mass is 16.3. The Morgan fingerprint density at radius 3 is 1.10 bits per heavy atom. The van der Waals surface area contributed by atoms with Gasteiger partial charge in [-0.2, -0.15) is 0 Å². The van der Waals surface area contributed by atoms with Gasteiger partial charge in [-0.15, -0.1) is 0 Å². The predicted molar refractivity (Wildman–Crippen MR) is 348 cm³/mol. The van der Waals surface area contributed by atoms with Crippen molar-refractivity contribution >= 4 is 12.1 Å². The van der Waals surface area contributed by atoms with Crippen LogP contribution in [0.1, 0.15) is 152 Å². The van der Waals surface area contributed by atoms with Gasteiger partial charge in [-0.25, -0.2) is 9.59 Å². The molecule has 0 aliphatic heterocycles. The standard InChI is InChI=1S/C9H21N3.C9H20N2O2.C9H20N2O.C9H20N2.2C8H18N2O.C7H17N3O/c1-7(2)11-9(4)12(5)6-8(3)10;1-7(2)10-8(12)11(5)6-9(3,4)13;1-7(2)10-9(4)11(5)6-8(3)12;1-6-7-11(5)9(4)10-8(2)3;1-7(2)9-8(3)10(4)5-6-11;1-6(2)10-8(4)9-5-7(3)11;1-5(2)10-7(11)9-4-6(3)8/h7-8,11H,4,6,10H2,1-3,5H3;7,13H,6H2,1-5H3,(H,10,12);7-8,10,12H,4,6H2,1-3,5H3;8,10H,4,6-7H2,1-3,5H3;7,9,11H,3,5-6H2,1-2,4H3;6-7,9-11H,4-5H2,1-3H3;5-6H,4,8H2,1-3H3,(H2,9,10,11). The van der Waals surface area contributed by atoms with Crippen LogP contribution in [0.2, 0.25) is 0 Å². The smallest absolute Gasteiger partial charge is 0.317 e. The zero-order chi connectivity index (χ0) is 65.5. The average Bonchev–Trinajstić information content (AvgIpc) is 3.26. The van der Waals surface area contributed by atoms with E-state index in [1.54, 1.807) is 34.7 Å². The highest BCUT2D eigenvalue weighted by Gasteiger charge is 2.19. The van der Waals surface area contributed by atoms with Crippen molar-refractivity contribution in [3.05, 3.63) is 62.0 Å². The molecule has 0 saturated carbocycles. The minimum absolute atomic E-state index is 0.00733. The molecule has 0 aromatic rings. The Morgan fingerprint density at radius 2 is 0.815 bits per heavy atom. The molecule has 81 heavy (non-hydrogen) atoms. The maximum absolute atomic E-state index is 11.3. The summed E-state index contributed by atoms with van der Waals surface area (Å²) in [6.45, 7) is 65.1. The summed E-state index contributed by atoms with van der Waals surface area (Å²) in [4.78, 5) is 31.7. The Labute approximate surface area is 497 Å². The maximum atomic E-state index is 11.3. The first-order valence-electron chi connectivity index (χ1n) is 28.9. The molecule has 0 radical (unpaired) electrons. The minimum atomic E-state index is -0.844. The molecule has 0 aliphatic rings. The van der Waals surface area contributed by atoms with E-state index in [9.17, 15) is 14.7 Å². The number of carbonyl (C=O) groups is 2. The number of rotatable bonds is 31. The van der Waals surface area contributed by atoms with Crippen molar-refractivity contribution in [2.24, 2.45) is 11.5 Å². The Bertz CT molecular complexity index is 1490. The normalized spacial score (nSPS) is 11.8. The summed E-state index contributed by atoms with van der Waals surface area (Å²) in [5.41, 5.74) is 10.2. The first-order chi connectivity index (χ1) is 36.8. The molecule has 0 bridgehead atoms. The lowest BCUT2D eigenvalue weighted by Gasteiger charge is -2.26. The van der Waals surface area contributed by atoms with Gasteiger partial charge in [-0.05, 0) is 145 Å². The molecule has 4 amide bonds. The van der Waals surface area contributed by atoms with Gasteiger partial charge < -0.3 is 104 Å². The summed E-state index contributed by atoms with van der Waals surface area (Å²) >= 11 is 0. The van der Waals surface area contributed by atoms with Crippen LogP contribution in [0.15, 0.2) is 62.0 Å². The number of aliphatic hydroxyl groups excluding tert-OH is 3. The number of likely N-dealkylation sites (N-methyl/N-ethyl adjacent to an activating group) is 4. The van der Waals surface area contributed by atoms with Crippen LogP contribution in [0.3, 0.4) is 0 Å². The summed E-state index contributed by atoms with van der Waals surface area (Å²) in [7, 11) is 9.51. The van der Waals surface area contributed by atoms with Crippen molar-refractivity contribution in [3.63, 3.8) is 0 Å². The van der Waals surface area contributed by atoms with Crippen molar-refractivity contribution in [1.29, 1.82) is 0 Å². The lowest BCUT2D eigenvalue weighted by atomic mass is 10.1. The first-order valence-corrected chi connectivity index (χ1v) is 28.9. The second kappa shape index (κ2) is 53.0. The topological polar surface area (TPSA) is 292 Å². The van der Waals surface area contributed by atoms with Crippen molar-refractivity contribution in [1.82, 2.24) is 72.4 Å². The number of amides is 4. The van der Waals surface area contributed by atoms with E-state index in [0.717, 1.165) is 48.6 Å². The zero-order valence-electron chi connectivity index (χ0n) is 56.7. The van der Waals surface area contributed by atoms with Gasteiger partial charge in [0.25, 0.3) is 0 Å². The molecule has 22 heteroatoms. The number of nitrogens with one attached hydrogen (secondary N) is 9. The predicted octanol–water partition coefficient (Wildman–Crippen LogP) is 4.95. The highest BCUT2D eigenvalue weighted by molar-refractivity contribution is 5.74. The number of carbonyl (C=O) groups excluding carboxylic acids is 2. The van der Waals surface area contributed by atoms with E-state index < -0.39 is 5.60 Å². The fourth-order valence-corrected chi connectivity index (χ4v) is 5.82. The fraction of sp³-hybridized carbons (Fsp3) is 0.797. The van der Waals surface area contributed by atoms with Crippen LogP contribution in [-0.4, -0.2) is 217 Å². The number of aliphatic hydroxyl groups is 4. The summed E-state index contributed by atoms with van der Waals surface area (Å²) in [6.07, 6.45) is 0.511. The maximum Gasteiger partial charge on any atom is 0.317 e. The Kier molecular flexibility index (Phi) is 58.8. The van der Waals surface area contributed by atoms with Gasteiger partial charge in [0, 0.05) is 129 Å². The van der Waals surface area contributed by atoms with Crippen LogP contribution >= 0.6 is 0 Å². The molecule has 0 rings (SSSR count). The van der Waals surface area contributed by atoms with Gasteiger partial charge in [0.1, 0.15) is 0 Å². The molecule has 0 aliphatic carbocycles. The lowest BCUT2D eigenvalue weighted by Crippen LogP contribution is -2.46. The van der Waals surface area contributed by atoms with Crippen molar-refractivity contribution < 1.29 is 30.0 Å². The molecule has 4 atom stereocenters. The molecule has 0 spiro atoms. The number of nitrogens with zero attached hydrogens (tertiary/aromatic N) is 5. The van der Waals surface area contributed by atoms with Crippen molar-refractivity contribution in [2.75, 3.05) is 87.7 Å². The zero-order valence-corrected chi connectivity index (χ0v) is 56.7. The van der Waals surface area contributed by atoms with E-state index >= 15 is 0 Å². The van der Waals surface area contributed by atoms with E-state index in [1.807, 2.05) is 91.2 Å². The molecule has 486 valence electrons. The highest BCUT2D eigenvalue weighted by Crippen LogP contribution is 2.04. The van der Waals surface area contributed by atoms with E-state index in [4.69, 9.17) is 26.8 Å². The third-order valence-electron chi connectivity index (χ3n) is 9.22. The number of hydrogen-bond donors (Lipinski definition) is 15. The van der Waals surface area contributed by atoms with E-state index in [1.165, 1.54) is 4.90 Å². The average molecular weight is 1160 g/mol. The monoisotopic (exact) mass is 1160 g/mol. The van der Waals surface area contributed by atoms with Gasteiger partial charge in [-0.1, -0.05) is 39.8 Å². The van der Waals surface area contributed by atoms with Gasteiger partial charge in [0.05, 0.1) is 60.1 Å². The molecule has 0 heterocycles. The minimum Gasteiger partial charge on any atom is -0.395 e. The molecular formula is C59H134N16O6. The largest absolute Gasteiger partial charge is 0.395 e. The molecule has 0 fully saturated rings. The van der Waals surface area contributed by atoms with Crippen LogP contribution in [-0.2, 0) is 0 Å². The number of hydrogen-bond acceptors (Lipinski definition) is 18. The van der Waals surface area contributed by atoms with Crippen LogP contribution in [0, 0.1) is 0 Å². The van der Waals surface area contributed by atoms with E-state index in [-0.39, 0.29) is 55.0 Å². The van der Waals surface area contributed by atoms with Crippen LogP contribution < -0.4 is 59.3 Å². The Morgan fingerprint density at radius 1 is 0.469 bits per heavy atom. The second-order valence-corrected chi connectivity index (χ2v) is 23.4. The van der Waals surface area contributed by atoms with E-state index in [2.05, 4.69) is 155 Å². The summed E-state index contributed by atoms with van der Waals surface area (Å²) in [5.74, 6) is 4.42. The lowest BCUT2D eigenvalue weighted by molar-refractivity contribution is 0.0529. The SMILES string of the molecule is C=C(NC(C)C)N(C)CC(C)N.C=C(NC(C)C)N(C)CC(C)O.C=C(NC(C)C)N(C)CCC.C=C(NC(C)C)N(C)CCO.C=C(NCC(C)O)NC(C)C.CC(C)NC(=O)N(C)CC(C)(C)O.CC(N)CNC(=O)NC(C)C. The quantitative estimate of drug-likeness (QED) is 0.0437. The van der Waals surface area contributed by atoms with Crippen molar-refractivity contribution in [2.45, 2.75) is 224 Å². The van der Waals surface area contributed by atoms with E-state index in [0.29, 0.717) is 62.9 Å². The molecule has 22 nitrogen and oxygen atoms in total. The molecule has 0 aromatic heterocycles. The first kappa shape index (κ1) is 89.8. The molecule has 4 unspecified atom stereocenters. The van der Waals surface area contributed by atoms with Gasteiger partial charge in [0.15, 0.2) is 0 Å². The third kappa shape index (κ3) is 77.1. The van der Waals surface area contributed by atoms with Crippen LogP contribution in [0.5, 0.6) is 0 Å². The third-order valence-corrected chi connectivity index (χ3v) is 9.22. The van der Waals surface area contributed by atoms with Gasteiger partial charge >= 0.3 is 12.1 Å². The Hall–Kier alpha value is -5.00. The number of nitrogens with two attached hydrogens (primary N) is 2. The fourth-order valence-electron chi connectivity index (χ4n) is 5.82. The summed E-state index contributed by atoms with van der Waals surface area (Å²) in [5, 5.41) is 63.0. The number of urea groups is 2. The molecule has 0 saturated heterocycles. The molecule has 17 N–H and O–H groups in total. The van der Waals surface area contributed by atoms with Crippen molar-refractivity contribution in [3.8, 4) is 0 Å². The summed E-state index contributed by atoms with van der Waals surface area (Å²) in [6, 6.07) is 2.22. The van der Waals surface area contributed by atoms with Gasteiger partial charge in [0.2, 0.25) is 0 Å². The second-order valence-electron chi connectivity index (χ2n) is 23.4. The van der Waals surface area contributed by atoms with Crippen LogP contribution in [0.4, 0.5) is 9.59 Å². The van der Waals surface area contributed by atoms with Crippen LogP contribution in [0.25, 0.3) is 0 Å². The molecular weight excluding hydrogens is 1030 g/mol. The summed E-state index contributed by atoms with van der Waals surface area (Å²) < 4.78 is 0. The molecule has 0 aromatic carbocycles.